The van der Waals surface area contributed by atoms with Gasteiger partial charge in [-0.3, -0.25) is 23.7 Å². The number of carbonyl (C=O) groups is 4. The van der Waals surface area contributed by atoms with Gasteiger partial charge in [-0.1, -0.05) is 382 Å². The molecule has 22 nitrogen and oxygen atoms in total. The summed E-state index contributed by atoms with van der Waals surface area (Å²) in [6.45, 7) is 12.5. The second-order valence-corrected chi connectivity index (χ2v) is 35.4. The van der Waals surface area contributed by atoms with Crippen LogP contribution >= 0.6 is 7.82 Å². The van der Waals surface area contributed by atoms with E-state index in [0.29, 0.717) is 45.3 Å². The Kier molecular flexibility index (Phi) is 70.1. The fraction of sp³-hybridized carbons (Fsp3) is 0.957. The van der Waals surface area contributed by atoms with Gasteiger partial charge in [0.25, 0.3) is 0 Å². The van der Waals surface area contributed by atoms with Gasteiger partial charge in [-0.05, 0) is 44.9 Å². The van der Waals surface area contributed by atoms with Gasteiger partial charge in [-0.25, -0.2) is 4.57 Å². The lowest BCUT2D eigenvalue weighted by atomic mass is 9.95. The molecule has 2 aliphatic rings. The molecule has 115 heavy (non-hydrogen) atoms. The topological polar surface area (TPSA) is 325 Å². The normalized spacial score (nSPS) is 20.9. The molecule has 0 aliphatic carbocycles. The molecule has 2 saturated heterocycles. The van der Waals surface area contributed by atoms with Gasteiger partial charge in [0, 0.05) is 13.2 Å². The number of rotatable bonds is 82. The highest BCUT2D eigenvalue weighted by atomic mass is 31.2. The Balaban J connectivity index is 2.44. The van der Waals surface area contributed by atoms with Crippen LogP contribution in [0.5, 0.6) is 0 Å². The zero-order chi connectivity index (χ0) is 84.0. The van der Waals surface area contributed by atoms with E-state index in [1.165, 1.54) is 199 Å². The van der Waals surface area contributed by atoms with Crippen molar-refractivity contribution < 1.29 is 96.7 Å². The molecule has 0 radical (unpaired) electrons. The molecular weight excluding hydrogens is 1480 g/mol. The van der Waals surface area contributed by atoms with Crippen molar-refractivity contribution in [3.8, 4) is 0 Å². The maximum atomic E-state index is 14.6. The van der Waals surface area contributed by atoms with Crippen molar-refractivity contribution in [2.75, 3.05) is 26.4 Å². The van der Waals surface area contributed by atoms with Gasteiger partial charge >= 0.3 is 19.8 Å². The predicted octanol–water partition coefficient (Wildman–Crippen LogP) is 20.6. The fourth-order valence-electron chi connectivity index (χ4n) is 16.1. The molecule has 680 valence electrons. The maximum absolute atomic E-state index is 14.6. The molecule has 2 aliphatic heterocycles. The van der Waals surface area contributed by atoms with Crippen LogP contribution in [0.15, 0.2) is 0 Å². The third kappa shape index (κ3) is 58.3. The van der Waals surface area contributed by atoms with Gasteiger partial charge in [-0.15, -0.1) is 0 Å². The van der Waals surface area contributed by atoms with Crippen molar-refractivity contribution in [3.05, 3.63) is 0 Å². The van der Waals surface area contributed by atoms with Crippen LogP contribution in [0.3, 0.4) is 0 Å². The van der Waals surface area contributed by atoms with E-state index in [0.717, 1.165) is 154 Å². The first kappa shape index (κ1) is 109. The monoisotopic (exact) mass is 1660 g/mol. The summed E-state index contributed by atoms with van der Waals surface area (Å²) in [5, 5.41) is 62.9. The van der Waals surface area contributed by atoms with Crippen LogP contribution in [0.2, 0.25) is 0 Å². The second kappa shape index (κ2) is 74.2. The zero-order valence-electron chi connectivity index (χ0n) is 74.1. The Morgan fingerprint density at radius 1 is 0.374 bits per heavy atom. The summed E-state index contributed by atoms with van der Waals surface area (Å²) in [6.07, 6.45) is 46.2. The minimum absolute atomic E-state index is 0.0405. The Bertz CT molecular complexity index is 2310. The number of esters is 2. The molecule has 14 atom stereocenters. The highest BCUT2D eigenvalue weighted by molar-refractivity contribution is 7.46. The lowest BCUT2D eigenvalue weighted by Crippen LogP contribution is -2.67. The van der Waals surface area contributed by atoms with Crippen LogP contribution in [0.4, 0.5) is 0 Å². The summed E-state index contributed by atoms with van der Waals surface area (Å²) in [5.74, 6) is -2.76. The summed E-state index contributed by atoms with van der Waals surface area (Å²) in [6, 6.07) is -3.26. The minimum Gasteiger partial charge on any atom is -0.462 e. The molecule has 9 N–H and O–H groups in total. The van der Waals surface area contributed by atoms with Crippen LogP contribution in [-0.4, -0.2) is 171 Å². The molecule has 2 heterocycles. The van der Waals surface area contributed by atoms with E-state index >= 15 is 0 Å². The van der Waals surface area contributed by atoms with Gasteiger partial charge in [0.1, 0.15) is 48.7 Å². The van der Waals surface area contributed by atoms with Gasteiger partial charge in [0.05, 0.1) is 57.2 Å². The number of aliphatic hydroxyl groups is 5. The molecule has 0 saturated carbocycles. The van der Waals surface area contributed by atoms with E-state index in [1.807, 2.05) is 0 Å². The molecule has 0 aromatic carbocycles. The minimum atomic E-state index is -5.49. The first-order valence-corrected chi connectivity index (χ1v) is 49.6. The van der Waals surface area contributed by atoms with Crippen LogP contribution in [-0.2, 0) is 61.4 Å². The molecule has 1 unspecified atom stereocenters. The number of nitrogens with one attached hydrogen (secondary N) is 2. The van der Waals surface area contributed by atoms with E-state index in [-0.39, 0.29) is 25.4 Å². The molecule has 2 fully saturated rings. The van der Waals surface area contributed by atoms with E-state index in [2.05, 4.69) is 52.2 Å². The zero-order valence-corrected chi connectivity index (χ0v) is 74.9. The summed E-state index contributed by atoms with van der Waals surface area (Å²) < 4.78 is 61.9. The van der Waals surface area contributed by atoms with Gasteiger partial charge in [-0.2, -0.15) is 0 Å². The van der Waals surface area contributed by atoms with Gasteiger partial charge in [0.2, 0.25) is 11.8 Å². The van der Waals surface area contributed by atoms with Crippen molar-refractivity contribution in [1.29, 1.82) is 0 Å². The Labute approximate surface area is 700 Å². The standard InChI is InChI=1S/C92H177N2O20P/c1-7-13-19-25-31-37-43-49-55-61-67-107-76(64-58-52-46-40-34-28-22-16-10-4)71-83(99)110-78(66-60-54-48-42-36-30-24-18-12-6)70-82(98)93-85-88(102)87(101)80(111-91(85)103)74-109-92-86(94-81(97)69-75(96)63-57-51-45-39-33-27-21-15-9-3)90(89(79(73-95)112-92)114-115(104,105)106)113-84(100)72-77(65-59-53-47-41-35-29-23-17-11-5)108-68-62-56-50-44-38-32-26-20-14-8-2/h75-80,85-92,95-96,101-103H,7-74H2,1-6H3,(H,93,98)(H,94,97)(H2,104,105,106)/t75-,76-,77-,78-,79-,80-,85-,86-,87-,88-,89-,90-,91?,92-/m1/s1. The van der Waals surface area contributed by atoms with Crippen LogP contribution < -0.4 is 10.6 Å². The van der Waals surface area contributed by atoms with Crippen LogP contribution in [0.1, 0.15) is 452 Å². The molecule has 0 aromatic rings. The predicted molar refractivity (Wildman–Crippen MR) is 460 cm³/mol. The summed E-state index contributed by atoms with van der Waals surface area (Å²) >= 11 is 0. The first-order valence-electron chi connectivity index (χ1n) is 48.0. The Morgan fingerprint density at radius 2 is 0.704 bits per heavy atom. The largest absolute Gasteiger partial charge is 0.470 e. The fourth-order valence-corrected chi connectivity index (χ4v) is 16.7. The number of hydrogen-bond donors (Lipinski definition) is 9. The molecule has 0 spiro atoms. The summed E-state index contributed by atoms with van der Waals surface area (Å²) in [5.41, 5.74) is 0. The lowest BCUT2D eigenvalue weighted by Gasteiger charge is -2.46. The molecule has 0 bridgehead atoms. The average Bonchev–Trinajstić information content (AvgIpc) is 0.782. The molecule has 23 heteroatoms. The average molecular weight is 1660 g/mol. The summed E-state index contributed by atoms with van der Waals surface area (Å²) in [7, 11) is -5.49. The molecule has 2 rings (SSSR count). The number of aliphatic hydroxyl groups excluding tert-OH is 5. The Morgan fingerprint density at radius 3 is 1.08 bits per heavy atom. The van der Waals surface area contributed by atoms with Gasteiger partial charge < -0.3 is 79.1 Å². The van der Waals surface area contributed by atoms with E-state index in [9.17, 15) is 59.1 Å². The van der Waals surface area contributed by atoms with E-state index in [1.54, 1.807) is 0 Å². The van der Waals surface area contributed by atoms with Crippen LogP contribution in [0, 0.1) is 0 Å². The van der Waals surface area contributed by atoms with Crippen LogP contribution in [0.25, 0.3) is 0 Å². The van der Waals surface area contributed by atoms with Gasteiger partial charge in [0.15, 0.2) is 18.7 Å². The Hall–Kier alpha value is -2.41. The summed E-state index contributed by atoms with van der Waals surface area (Å²) in [4.78, 5) is 78.1. The number of phosphoric acid groups is 1. The number of phosphoric ester groups is 1. The van der Waals surface area contributed by atoms with E-state index in [4.69, 9.17) is 37.7 Å². The number of carbonyl (C=O) groups excluding carboxylic acids is 4. The highest BCUT2D eigenvalue weighted by Crippen LogP contribution is 2.43. The quantitative estimate of drug-likeness (QED) is 0.0155. The van der Waals surface area contributed by atoms with Crippen molar-refractivity contribution >= 4 is 31.6 Å². The second-order valence-electron chi connectivity index (χ2n) is 34.2. The third-order valence-corrected chi connectivity index (χ3v) is 23.8. The maximum Gasteiger partial charge on any atom is 0.470 e. The number of hydrogen-bond acceptors (Lipinski definition) is 18. The van der Waals surface area contributed by atoms with E-state index < -0.39 is 131 Å². The van der Waals surface area contributed by atoms with Crippen molar-refractivity contribution in [2.24, 2.45) is 0 Å². The third-order valence-electron chi connectivity index (χ3n) is 23.3. The smallest absolute Gasteiger partial charge is 0.462 e. The number of amides is 2. The highest BCUT2D eigenvalue weighted by Gasteiger charge is 2.53. The first-order chi connectivity index (χ1) is 55.8. The van der Waals surface area contributed by atoms with Crippen molar-refractivity contribution in [2.45, 2.75) is 538 Å². The molecule has 0 aromatic heterocycles. The lowest BCUT2D eigenvalue weighted by molar-refractivity contribution is -0.297. The van der Waals surface area contributed by atoms with Crippen molar-refractivity contribution in [1.82, 2.24) is 10.6 Å². The SMILES string of the molecule is CCCCCCCCCCCCO[C@H](CCCCCCCCCCC)CC(=O)O[C@H](CCCCCCCCCCC)CC(=O)N[C@H]1C(O)O[C@H](CO[C@@H]2O[C@H](CO)[C@@H](OP(=O)(O)O)[C@H](OC(=O)C[C@@H](CCCCCCCCCCC)OCCCCCCCCCCCC)[C@H]2NC(=O)C[C@H](O)CCCCCCCCCCC)[C@@H](O)[C@@H]1O. The molecule has 2 amide bonds. The number of unbranched alkanes of at least 4 members (excludes halogenated alkanes) is 50. The van der Waals surface area contributed by atoms with Crippen molar-refractivity contribution in [3.63, 3.8) is 0 Å². The number of ether oxygens (including phenoxy) is 7. The molecular formula is C92H177N2O20P.